The number of anilines is 1. The maximum absolute atomic E-state index is 14.8. The minimum atomic E-state index is -1.15. The van der Waals surface area contributed by atoms with E-state index in [0.29, 0.717) is 34.4 Å². The van der Waals surface area contributed by atoms with Gasteiger partial charge in [0.15, 0.2) is 0 Å². The van der Waals surface area contributed by atoms with Gasteiger partial charge in [0.05, 0.1) is 39.8 Å². The SMILES string of the molecule is COc1cc(OC)cc([C@@H]2CC(=O)C[C@@H](c3cc(OC)cc(OC)c3)C23C(=O)N(c2ccccc2)N=C3C)c1. The van der Waals surface area contributed by atoms with Gasteiger partial charge in [-0.3, -0.25) is 9.59 Å². The number of nitrogens with zero attached hydrogens (tertiary/aromatic N) is 2. The molecule has 1 amide bonds. The summed E-state index contributed by atoms with van der Waals surface area (Å²) in [5, 5.41) is 6.30. The number of ketones is 1. The van der Waals surface area contributed by atoms with Crippen molar-refractivity contribution < 1.29 is 28.5 Å². The molecule has 0 unspecified atom stereocenters. The normalized spacial score (nSPS) is 20.1. The summed E-state index contributed by atoms with van der Waals surface area (Å²) < 4.78 is 22.2. The van der Waals surface area contributed by atoms with Gasteiger partial charge in [0, 0.05) is 36.8 Å². The Bertz CT molecular complexity index is 1320. The van der Waals surface area contributed by atoms with Crippen molar-refractivity contribution in [3.8, 4) is 23.0 Å². The zero-order valence-corrected chi connectivity index (χ0v) is 22.8. The molecule has 1 heterocycles. The Morgan fingerprint density at radius 3 is 1.56 bits per heavy atom. The lowest BCUT2D eigenvalue weighted by molar-refractivity contribution is -0.131. The van der Waals surface area contributed by atoms with Crippen LogP contribution in [0, 0.1) is 5.41 Å². The second-order valence-electron chi connectivity index (χ2n) is 9.85. The number of para-hydroxylation sites is 1. The Morgan fingerprint density at radius 2 is 1.15 bits per heavy atom. The average molecular weight is 529 g/mol. The van der Waals surface area contributed by atoms with E-state index in [4.69, 9.17) is 24.0 Å². The van der Waals surface area contributed by atoms with Crippen LogP contribution in [-0.4, -0.2) is 45.8 Å². The highest BCUT2D eigenvalue weighted by Gasteiger charge is 2.62. The number of rotatable bonds is 7. The summed E-state index contributed by atoms with van der Waals surface area (Å²) in [6.07, 6.45) is 0.351. The van der Waals surface area contributed by atoms with E-state index in [1.165, 1.54) is 5.01 Å². The van der Waals surface area contributed by atoms with Gasteiger partial charge >= 0.3 is 0 Å². The van der Waals surface area contributed by atoms with Gasteiger partial charge in [-0.25, -0.2) is 0 Å². The molecule has 39 heavy (non-hydrogen) atoms. The molecule has 202 valence electrons. The van der Waals surface area contributed by atoms with Crippen LogP contribution >= 0.6 is 0 Å². The first-order valence-corrected chi connectivity index (χ1v) is 12.8. The van der Waals surface area contributed by atoms with E-state index in [0.717, 1.165) is 11.1 Å². The molecule has 1 saturated carbocycles. The molecule has 0 saturated heterocycles. The summed E-state index contributed by atoms with van der Waals surface area (Å²) in [5.74, 6) is 1.16. The van der Waals surface area contributed by atoms with E-state index >= 15 is 0 Å². The van der Waals surface area contributed by atoms with Crippen LogP contribution in [0.5, 0.6) is 23.0 Å². The van der Waals surface area contributed by atoms with Gasteiger partial charge in [0.25, 0.3) is 5.91 Å². The van der Waals surface area contributed by atoms with Crippen LogP contribution in [0.15, 0.2) is 71.8 Å². The molecule has 3 aromatic rings. The maximum atomic E-state index is 14.8. The van der Waals surface area contributed by atoms with Crippen LogP contribution in [0.25, 0.3) is 0 Å². The zero-order valence-electron chi connectivity index (χ0n) is 22.8. The summed E-state index contributed by atoms with van der Waals surface area (Å²) in [5.41, 5.74) is 1.70. The number of methoxy groups -OCH3 is 4. The summed E-state index contributed by atoms with van der Waals surface area (Å²) in [4.78, 5) is 28.2. The minimum Gasteiger partial charge on any atom is -0.497 e. The molecule has 2 atom stereocenters. The number of ether oxygens (including phenoxy) is 4. The summed E-state index contributed by atoms with van der Waals surface area (Å²) in [6.45, 7) is 1.88. The third kappa shape index (κ3) is 4.39. The van der Waals surface area contributed by atoms with Crippen molar-refractivity contribution in [3.05, 3.63) is 77.9 Å². The Hall–Kier alpha value is -4.33. The predicted molar refractivity (Wildman–Crippen MR) is 148 cm³/mol. The number of carbonyl (C=O) groups is 2. The number of amides is 1. The van der Waals surface area contributed by atoms with Gasteiger partial charge in [0.1, 0.15) is 34.2 Å². The van der Waals surface area contributed by atoms with Gasteiger partial charge < -0.3 is 18.9 Å². The van der Waals surface area contributed by atoms with Crippen LogP contribution in [0.3, 0.4) is 0 Å². The lowest BCUT2D eigenvalue weighted by Gasteiger charge is -2.46. The molecule has 0 aromatic heterocycles. The van der Waals surface area contributed by atoms with Gasteiger partial charge in [0.2, 0.25) is 0 Å². The highest BCUT2D eigenvalue weighted by atomic mass is 16.5. The van der Waals surface area contributed by atoms with Crippen molar-refractivity contribution in [2.24, 2.45) is 10.5 Å². The Morgan fingerprint density at radius 1 is 0.718 bits per heavy atom. The van der Waals surface area contributed by atoms with Gasteiger partial charge in [-0.15, -0.1) is 0 Å². The fraction of sp³-hybridized carbons (Fsp3) is 0.323. The molecule has 8 heteroatoms. The number of hydrogen-bond donors (Lipinski definition) is 0. The Kier molecular flexibility index (Phi) is 7.04. The van der Waals surface area contributed by atoms with Crippen LogP contribution in [0.4, 0.5) is 5.69 Å². The van der Waals surface area contributed by atoms with Crippen molar-refractivity contribution in [1.82, 2.24) is 0 Å². The highest BCUT2D eigenvalue weighted by molar-refractivity contribution is 6.21. The molecule has 2 aliphatic rings. The zero-order chi connectivity index (χ0) is 27.7. The number of carbonyl (C=O) groups excluding carboxylic acids is 2. The molecule has 0 radical (unpaired) electrons. The molecule has 5 rings (SSSR count). The number of hydrazone groups is 1. The highest BCUT2D eigenvalue weighted by Crippen LogP contribution is 2.59. The van der Waals surface area contributed by atoms with Gasteiger partial charge in [-0.1, -0.05) is 18.2 Å². The third-order valence-electron chi connectivity index (χ3n) is 7.91. The quantitative estimate of drug-likeness (QED) is 0.410. The molecular weight excluding hydrogens is 496 g/mol. The topological polar surface area (TPSA) is 86.7 Å². The molecular formula is C31H32N2O6. The largest absolute Gasteiger partial charge is 0.497 e. The smallest absolute Gasteiger partial charge is 0.260 e. The summed E-state index contributed by atoms with van der Waals surface area (Å²) in [7, 11) is 6.32. The maximum Gasteiger partial charge on any atom is 0.260 e. The standard InChI is InChI=1S/C31H32N2O6/c1-19-31(30(35)33(32-19)22-9-7-6-8-10-22)28(20-11-24(36-2)17-25(12-20)37-3)15-23(34)16-29(31)21-13-26(38-4)18-27(14-21)39-5/h6-14,17-18,28-29H,15-16H2,1-5H3/t28-,29-/m0/s1. The fourth-order valence-corrected chi connectivity index (χ4v) is 6.08. The molecule has 0 N–H and O–H groups in total. The Labute approximate surface area is 228 Å². The van der Waals surface area contributed by atoms with Gasteiger partial charge in [-0.2, -0.15) is 10.1 Å². The van der Waals surface area contributed by atoms with Crippen molar-refractivity contribution >= 4 is 23.1 Å². The van der Waals surface area contributed by atoms with Crippen LogP contribution in [0.1, 0.15) is 42.7 Å². The van der Waals surface area contributed by atoms with Crippen molar-refractivity contribution in [2.45, 2.75) is 31.6 Å². The van der Waals surface area contributed by atoms with E-state index in [9.17, 15) is 9.59 Å². The van der Waals surface area contributed by atoms with Crippen LogP contribution in [0.2, 0.25) is 0 Å². The molecule has 1 aliphatic carbocycles. The molecule has 3 aromatic carbocycles. The van der Waals surface area contributed by atoms with Crippen LogP contribution in [-0.2, 0) is 9.59 Å². The summed E-state index contributed by atoms with van der Waals surface area (Å²) >= 11 is 0. The first kappa shape index (κ1) is 26.3. The molecule has 0 bridgehead atoms. The average Bonchev–Trinajstić information content (AvgIpc) is 3.23. The number of Topliss-reactive ketones (excluding diaryl/α,β-unsaturated/α-hetero) is 1. The van der Waals surface area contributed by atoms with E-state index < -0.39 is 17.3 Å². The third-order valence-corrected chi connectivity index (χ3v) is 7.91. The molecule has 1 aliphatic heterocycles. The Balaban J connectivity index is 1.77. The lowest BCUT2D eigenvalue weighted by Crippen LogP contribution is -2.52. The molecule has 8 nitrogen and oxygen atoms in total. The van der Waals surface area contributed by atoms with Crippen molar-refractivity contribution in [1.29, 1.82) is 0 Å². The minimum absolute atomic E-state index is 0.0537. The van der Waals surface area contributed by atoms with E-state index in [1.54, 1.807) is 40.6 Å². The molecule has 1 spiro atoms. The first-order chi connectivity index (χ1) is 18.8. The number of benzene rings is 3. The van der Waals surface area contributed by atoms with E-state index in [-0.39, 0.29) is 24.5 Å². The lowest BCUT2D eigenvalue weighted by atomic mass is 9.54. The molecule has 1 fully saturated rings. The second kappa shape index (κ2) is 10.4. The predicted octanol–water partition coefficient (Wildman–Crippen LogP) is 5.36. The number of hydrogen-bond acceptors (Lipinski definition) is 7. The van der Waals surface area contributed by atoms with Crippen LogP contribution < -0.4 is 24.0 Å². The van der Waals surface area contributed by atoms with Crippen molar-refractivity contribution in [3.63, 3.8) is 0 Å². The summed E-state index contributed by atoms with van der Waals surface area (Å²) in [6, 6.07) is 20.4. The van der Waals surface area contributed by atoms with E-state index in [2.05, 4.69) is 0 Å². The van der Waals surface area contributed by atoms with E-state index in [1.807, 2.05) is 61.5 Å². The monoisotopic (exact) mass is 528 g/mol. The first-order valence-electron chi connectivity index (χ1n) is 12.8. The van der Waals surface area contributed by atoms with Gasteiger partial charge in [-0.05, 0) is 54.4 Å². The van der Waals surface area contributed by atoms with Crippen molar-refractivity contribution in [2.75, 3.05) is 33.4 Å². The second-order valence-corrected chi connectivity index (χ2v) is 9.85. The fourth-order valence-electron chi connectivity index (χ4n) is 6.08.